The van der Waals surface area contributed by atoms with Crippen LogP contribution in [0.3, 0.4) is 0 Å². The minimum Gasteiger partial charge on any atom is -0.406 e. The van der Waals surface area contributed by atoms with Crippen LogP contribution in [0.25, 0.3) is 0 Å². The van der Waals surface area contributed by atoms with Crippen LogP contribution < -0.4 is 9.46 Å². The van der Waals surface area contributed by atoms with Crippen molar-refractivity contribution in [3.05, 3.63) is 59.7 Å². The minimum absolute atomic E-state index is 0.226. The molecule has 2 fully saturated rings. The van der Waals surface area contributed by atoms with Gasteiger partial charge in [-0.1, -0.05) is 6.07 Å². The second-order valence-electron chi connectivity index (χ2n) is 7.62. The molecule has 0 amide bonds. The maximum Gasteiger partial charge on any atom is 0.573 e. The Morgan fingerprint density at radius 1 is 0.968 bits per heavy atom. The normalized spacial score (nSPS) is 22.6. The van der Waals surface area contributed by atoms with Crippen molar-refractivity contribution < 1.29 is 35.1 Å². The van der Waals surface area contributed by atoms with Crippen LogP contribution in [0.4, 0.5) is 22.0 Å². The van der Waals surface area contributed by atoms with Gasteiger partial charge in [-0.05, 0) is 61.2 Å². The molecule has 2 aromatic carbocycles. The van der Waals surface area contributed by atoms with E-state index in [0.717, 1.165) is 49.2 Å². The standard InChI is InChI=1S/C20H19F5N2O3S/c21-16-8-1-12(11-17(16)22)19-18(9-10-27(19)13-2-3-13)26-31(28,29)15-6-4-14(5-7-15)30-20(23,24)25/h1,4-8,11,13,18-19,26H,2-3,9-10H2. The summed E-state index contributed by atoms with van der Waals surface area (Å²) in [6, 6.07) is 6.56. The van der Waals surface area contributed by atoms with E-state index in [9.17, 15) is 30.4 Å². The lowest BCUT2D eigenvalue weighted by Crippen LogP contribution is -2.40. The van der Waals surface area contributed by atoms with E-state index in [4.69, 9.17) is 0 Å². The van der Waals surface area contributed by atoms with Gasteiger partial charge in [-0.3, -0.25) is 4.90 Å². The summed E-state index contributed by atoms with van der Waals surface area (Å²) < 4.78 is 96.2. The first-order valence-electron chi connectivity index (χ1n) is 9.62. The first kappa shape index (κ1) is 22.0. The van der Waals surface area contributed by atoms with E-state index in [0.29, 0.717) is 18.5 Å². The van der Waals surface area contributed by atoms with Crippen molar-refractivity contribution in [3.8, 4) is 5.75 Å². The number of sulfonamides is 1. The molecule has 1 N–H and O–H groups in total. The lowest BCUT2D eigenvalue weighted by atomic mass is 10.0. The number of hydrogen-bond acceptors (Lipinski definition) is 4. The zero-order chi connectivity index (χ0) is 22.4. The van der Waals surface area contributed by atoms with Crippen LogP contribution in [-0.2, 0) is 10.0 Å². The number of likely N-dealkylation sites (tertiary alicyclic amines) is 1. The van der Waals surface area contributed by atoms with Gasteiger partial charge in [-0.15, -0.1) is 13.2 Å². The Kier molecular flexibility index (Phi) is 5.69. The largest absolute Gasteiger partial charge is 0.573 e. The molecule has 2 aromatic rings. The second kappa shape index (κ2) is 8.03. The highest BCUT2D eigenvalue weighted by molar-refractivity contribution is 7.89. The Bertz CT molecular complexity index is 1060. The molecule has 168 valence electrons. The third kappa shape index (κ3) is 4.99. The lowest BCUT2D eigenvalue weighted by molar-refractivity contribution is -0.274. The maximum atomic E-state index is 13.8. The molecule has 0 bridgehead atoms. The molecule has 11 heteroatoms. The molecule has 5 nitrogen and oxygen atoms in total. The number of nitrogens with zero attached hydrogens (tertiary/aromatic N) is 1. The average molecular weight is 462 g/mol. The zero-order valence-electron chi connectivity index (χ0n) is 16.1. The maximum absolute atomic E-state index is 13.8. The quantitative estimate of drug-likeness (QED) is 0.657. The highest BCUT2D eigenvalue weighted by Crippen LogP contribution is 2.41. The Hall–Kier alpha value is -2.24. The number of rotatable bonds is 6. The minimum atomic E-state index is -4.88. The Morgan fingerprint density at radius 2 is 1.65 bits per heavy atom. The van der Waals surface area contributed by atoms with Crippen molar-refractivity contribution in [2.24, 2.45) is 0 Å². The molecule has 1 saturated carbocycles. The molecule has 0 radical (unpaired) electrons. The highest BCUT2D eigenvalue weighted by atomic mass is 32.2. The van der Waals surface area contributed by atoms with Gasteiger partial charge in [-0.25, -0.2) is 21.9 Å². The van der Waals surface area contributed by atoms with Crippen LogP contribution in [0.15, 0.2) is 47.4 Å². The van der Waals surface area contributed by atoms with Crippen LogP contribution in [0.5, 0.6) is 5.75 Å². The van der Waals surface area contributed by atoms with Crippen LogP contribution in [0.2, 0.25) is 0 Å². The fraction of sp³-hybridized carbons (Fsp3) is 0.400. The molecule has 0 spiro atoms. The molecule has 1 aliphatic carbocycles. The summed E-state index contributed by atoms with van der Waals surface area (Å²) in [5, 5.41) is 0. The molecule has 4 rings (SSSR count). The van der Waals surface area contributed by atoms with Crippen molar-refractivity contribution in [1.29, 1.82) is 0 Å². The second-order valence-corrected chi connectivity index (χ2v) is 9.34. The number of alkyl halides is 3. The summed E-state index contributed by atoms with van der Waals surface area (Å²) in [4.78, 5) is 1.86. The van der Waals surface area contributed by atoms with Gasteiger partial charge in [0.05, 0.1) is 10.9 Å². The molecule has 1 heterocycles. The van der Waals surface area contributed by atoms with Gasteiger partial charge in [0.15, 0.2) is 11.6 Å². The van der Waals surface area contributed by atoms with Crippen molar-refractivity contribution in [3.63, 3.8) is 0 Å². The molecule has 2 atom stereocenters. The van der Waals surface area contributed by atoms with E-state index < -0.39 is 45.9 Å². The van der Waals surface area contributed by atoms with E-state index in [2.05, 4.69) is 14.4 Å². The molecule has 1 saturated heterocycles. The summed E-state index contributed by atoms with van der Waals surface area (Å²) in [6.07, 6.45) is -2.54. The van der Waals surface area contributed by atoms with E-state index >= 15 is 0 Å². The van der Waals surface area contributed by atoms with E-state index in [1.807, 2.05) is 0 Å². The number of nitrogens with one attached hydrogen (secondary N) is 1. The molecular formula is C20H19F5N2O3S. The van der Waals surface area contributed by atoms with Crippen LogP contribution >= 0.6 is 0 Å². The van der Waals surface area contributed by atoms with Crippen LogP contribution in [0.1, 0.15) is 30.9 Å². The first-order valence-corrected chi connectivity index (χ1v) is 11.1. The van der Waals surface area contributed by atoms with Gasteiger partial charge >= 0.3 is 6.36 Å². The number of halogens is 5. The van der Waals surface area contributed by atoms with Crippen molar-refractivity contribution in [2.75, 3.05) is 6.54 Å². The summed E-state index contributed by atoms with van der Waals surface area (Å²) in [7, 11) is -4.07. The summed E-state index contributed by atoms with van der Waals surface area (Å²) in [6.45, 7) is 0.583. The third-order valence-corrected chi connectivity index (χ3v) is 6.92. The van der Waals surface area contributed by atoms with Gasteiger partial charge in [-0.2, -0.15) is 0 Å². The van der Waals surface area contributed by atoms with Crippen molar-refractivity contribution in [1.82, 2.24) is 9.62 Å². The fourth-order valence-corrected chi connectivity index (χ4v) is 5.24. The smallest absolute Gasteiger partial charge is 0.406 e. The van der Waals surface area contributed by atoms with Crippen molar-refractivity contribution >= 4 is 10.0 Å². The predicted molar refractivity (Wildman–Crippen MR) is 101 cm³/mol. The Balaban J connectivity index is 1.56. The van der Waals surface area contributed by atoms with E-state index in [1.54, 1.807) is 0 Å². The number of benzene rings is 2. The van der Waals surface area contributed by atoms with E-state index in [1.165, 1.54) is 6.07 Å². The fourth-order valence-electron chi connectivity index (χ4n) is 3.96. The molecule has 2 unspecified atom stereocenters. The van der Waals surface area contributed by atoms with Crippen LogP contribution in [0, 0.1) is 11.6 Å². The summed E-state index contributed by atoms with van der Waals surface area (Å²) in [5.74, 6) is -2.54. The third-order valence-electron chi connectivity index (χ3n) is 5.41. The van der Waals surface area contributed by atoms with Crippen molar-refractivity contribution in [2.45, 2.75) is 48.6 Å². The number of hydrogen-bond donors (Lipinski definition) is 1. The van der Waals surface area contributed by atoms with E-state index in [-0.39, 0.29) is 10.9 Å². The molecule has 2 aliphatic rings. The Morgan fingerprint density at radius 3 is 2.23 bits per heavy atom. The lowest BCUT2D eigenvalue weighted by Gasteiger charge is -2.29. The van der Waals surface area contributed by atoms with Gasteiger partial charge in [0.1, 0.15) is 5.75 Å². The van der Waals surface area contributed by atoms with Gasteiger partial charge < -0.3 is 4.74 Å². The molecule has 31 heavy (non-hydrogen) atoms. The monoisotopic (exact) mass is 462 g/mol. The zero-order valence-corrected chi connectivity index (χ0v) is 16.9. The number of ether oxygens (including phenoxy) is 1. The summed E-state index contributed by atoms with van der Waals surface area (Å²) >= 11 is 0. The average Bonchev–Trinajstić information content (AvgIpc) is 3.44. The molecule has 1 aliphatic heterocycles. The highest BCUT2D eigenvalue weighted by Gasteiger charge is 2.44. The van der Waals surface area contributed by atoms with Gasteiger partial charge in [0.25, 0.3) is 0 Å². The first-order chi connectivity index (χ1) is 14.5. The van der Waals surface area contributed by atoms with Gasteiger partial charge in [0.2, 0.25) is 10.0 Å². The Labute approximate surface area is 175 Å². The molecule has 0 aromatic heterocycles. The summed E-state index contributed by atoms with van der Waals surface area (Å²) in [5.41, 5.74) is 0.463. The van der Waals surface area contributed by atoms with Crippen LogP contribution in [-0.4, -0.2) is 38.3 Å². The van der Waals surface area contributed by atoms with Gasteiger partial charge in [0, 0.05) is 18.6 Å². The SMILES string of the molecule is O=S(=O)(NC1CCN(C2CC2)C1c1ccc(F)c(F)c1)c1ccc(OC(F)(F)F)cc1. The predicted octanol–water partition coefficient (Wildman–Crippen LogP) is 4.12. The molecular weight excluding hydrogens is 443 g/mol. The topological polar surface area (TPSA) is 58.6 Å².